The molecule has 1 N–H and O–H groups in total. The summed E-state index contributed by atoms with van der Waals surface area (Å²) in [6.45, 7) is 0.211. The summed E-state index contributed by atoms with van der Waals surface area (Å²) in [5, 5.41) is 12.4. The second-order valence-electron chi connectivity index (χ2n) is 1.58. The topological polar surface area (TPSA) is 102 Å². The summed E-state index contributed by atoms with van der Waals surface area (Å²) >= 11 is 0. The molecule has 0 aromatic heterocycles. The van der Waals surface area contributed by atoms with Crippen LogP contribution in [0.1, 0.15) is 6.42 Å². The Labute approximate surface area is 57.3 Å². The summed E-state index contributed by atoms with van der Waals surface area (Å²) in [6.07, 6.45) is 1.25. The minimum absolute atomic E-state index is 0.211. The van der Waals surface area contributed by atoms with Crippen LogP contribution in [0.25, 0.3) is 10.4 Å². The van der Waals surface area contributed by atoms with Gasteiger partial charge >= 0.3 is 0 Å². The molecular formula is C4H7N5O. The molecule has 0 bridgehead atoms. The molecule has 0 fully saturated rings. The lowest BCUT2D eigenvalue weighted by Crippen LogP contribution is -2.05. The SMILES string of the molecule is [N-]=[N+]=NCCC(C=N)N=O. The molecule has 0 rings (SSSR count). The van der Waals surface area contributed by atoms with Gasteiger partial charge in [0.2, 0.25) is 0 Å². The van der Waals surface area contributed by atoms with E-state index in [4.69, 9.17) is 10.9 Å². The third-order valence-electron chi connectivity index (χ3n) is 0.916. The molecule has 0 heterocycles. The molecule has 0 aromatic carbocycles. The smallest absolute Gasteiger partial charge is 0.126 e. The fourth-order valence-corrected chi connectivity index (χ4v) is 0.401. The van der Waals surface area contributed by atoms with Crippen LogP contribution in [-0.4, -0.2) is 18.8 Å². The van der Waals surface area contributed by atoms with Crippen LogP contribution in [0.5, 0.6) is 0 Å². The second-order valence-corrected chi connectivity index (χ2v) is 1.58. The lowest BCUT2D eigenvalue weighted by atomic mass is 10.2. The Kier molecular flexibility index (Phi) is 4.90. The van der Waals surface area contributed by atoms with Gasteiger partial charge < -0.3 is 5.41 Å². The van der Waals surface area contributed by atoms with E-state index in [0.29, 0.717) is 6.42 Å². The standard InChI is InChI=1S/C4H7N5O/c5-3-4(8-10)1-2-7-9-6/h3-5H,1-2H2. The van der Waals surface area contributed by atoms with Gasteiger partial charge in [-0.1, -0.05) is 10.3 Å². The molecule has 0 amide bonds. The minimum atomic E-state index is -0.648. The molecular weight excluding hydrogens is 134 g/mol. The van der Waals surface area contributed by atoms with Crippen LogP contribution in [0, 0.1) is 10.3 Å². The van der Waals surface area contributed by atoms with Crippen molar-refractivity contribution < 1.29 is 0 Å². The third kappa shape index (κ3) is 3.57. The zero-order valence-electron chi connectivity index (χ0n) is 5.27. The number of azide groups is 1. The molecule has 54 valence electrons. The van der Waals surface area contributed by atoms with Crippen LogP contribution in [0.2, 0.25) is 0 Å². The highest BCUT2D eigenvalue weighted by molar-refractivity contribution is 5.60. The van der Waals surface area contributed by atoms with Gasteiger partial charge in [-0.2, -0.15) is 4.91 Å². The van der Waals surface area contributed by atoms with Crippen molar-refractivity contribution in [1.82, 2.24) is 0 Å². The molecule has 1 atom stereocenters. The predicted molar refractivity (Wildman–Crippen MR) is 37.0 cm³/mol. The van der Waals surface area contributed by atoms with E-state index in [-0.39, 0.29) is 6.54 Å². The predicted octanol–water partition coefficient (Wildman–Crippen LogP) is 1.47. The van der Waals surface area contributed by atoms with Gasteiger partial charge in [-0.3, -0.25) is 0 Å². The van der Waals surface area contributed by atoms with Crippen molar-refractivity contribution in [2.75, 3.05) is 6.54 Å². The van der Waals surface area contributed by atoms with E-state index < -0.39 is 6.04 Å². The molecule has 10 heavy (non-hydrogen) atoms. The molecule has 6 heteroatoms. The van der Waals surface area contributed by atoms with Gasteiger partial charge in [-0.05, 0) is 12.0 Å². The zero-order chi connectivity index (χ0) is 7.82. The maximum atomic E-state index is 9.79. The summed E-state index contributed by atoms with van der Waals surface area (Å²) in [5.74, 6) is 0. The van der Waals surface area contributed by atoms with E-state index in [2.05, 4.69) is 15.2 Å². The average molecular weight is 141 g/mol. The number of hydrogen-bond donors (Lipinski definition) is 1. The number of rotatable bonds is 5. The van der Waals surface area contributed by atoms with Gasteiger partial charge in [0.1, 0.15) is 6.04 Å². The van der Waals surface area contributed by atoms with Crippen molar-refractivity contribution in [1.29, 1.82) is 5.41 Å². The largest absolute Gasteiger partial charge is 0.311 e. The molecule has 0 saturated heterocycles. The Hall–Kier alpha value is -1.42. The summed E-state index contributed by atoms with van der Waals surface area (Å²) in [6, 6.07) is -0.648. The summed E-state index contributed by atoms with van der Waals surface area (Å²) in [7, 11) is 0. The van der Waals surface area contributed by atoms with Crippen molar-refractivity contribution in [3.8, 4) is 0 Å². The fraction of sp³-hybridized carbons (Fsp3) is 0.750. The Bertz CT molecular complexity index is 153. The van der Waals surface area contributed by atoms with E-state index in [1.54, 1.807) is 0 Å². The average Bonchev–Trinajstić information content (AvgIpc) is 1.99. The molecule has 0 radical (unpaired) electrons. The Balaban J connectivity index is 3.53. The quantitative estimate of drug-likeness (QED) is 0.202. The van der Waals surface area contributed by atoms with Crippen LogP contribution in [0.3, 0.4) is 0 Å². The van der Waals surface area contributed by atoms with Gasteiger partial charge in [-0.25, -0.2) is 0 Å². The van der Waals surface area contributed by atoms with Crippen LogP contribution in [0.15, 0.2) is 10.3 Å². The van der Waals surface area contributed by atoms with Crippen LogP contribution < -0.4 is 0 Å². The number of nitroso groups, excluding NO2 is 1. The third-order valence-corrected chi connectivity index (χ3v) is 0.916. The summed E-state index contributed by atoms with van der Waals surface area (Å²) in [4.78, 5) is 12.3. The monoisotopic (exact) mass is 141 g/mol. The molecule has 0 spiro atoms. The molecule has 6 nitrogen and oxygen atoms in total. The van der Waals surface area contributed by atoms with Crippen molar-refractivity contribution in [3.05, 3.63) is 15.3 Å². The molecule has 0 aliphatic carbocycles. The Morgan fingerprint density at radius 3 is 2.90 bits per heavy atom. The lowest BCUT2D eigenvalue weighted by molar-refractivity contribution is 0.762. The first kappa shape index (κ1) is 8.58. The van der Waals surface area contributed by atoms with Crippen LogP contribution >= 0.6 is 0 Å². The highest BCUT2D eigenvalue weighted by atomic mass is 16.3. The Morgan fingerprint density at radius 1 is 1.80 bits per heavy atom. The van der Waals surface area contributed by atoms with Gasteiger partial charge in [0, 0.05) is 17.7 Å². The minimum Gasteiger partial charge on any atom is -0.311 e. The van der Waals surface area contributed by atoms with Crippen molar-refractivity contribution in [2.45, 2.75) is 12.5 Å². The highest BCUT2D eigenvalue weighted by Crippen LogP contribution is 1.93. The van der Waals surface area contributed by atoms with Crippen LogP contribution in [0.4, 0.5) is 0 Å². The van der Waals surface area contributed by atoms with Gasteiger partial charge in [0.25, 0.3) is 0 Å². The van der Waals surface area contributed by atoms with Crippen molar-refractivity contribution in [2.24, 2.45) is 10.3 Å². The second kappa shape index (κ2) is 5.71. The van der Waals surface area contributed by atoms with E-state index >= 15 is 0 Å². The van der Waals surface area contributed by atoms with E-state index in [1.165, 1.54) is 0 Å². The first-order valence-corrected chi connectivity index (χ1v) is 2.69. The molecule has 0 saturated carbocycles. The highest BCUT2D eigenvalue weighted by Gasteiger charge is 2.01. The van der Waals surface area contributed by atoms with E-state index in [0.717, 1.165) is 6.21 Å². The Morgan fingerprint density at radius 2 is 2.50 bits per heavy atom. The molecule has 0 aromatic rings. The van der Waals surface area contributed by atoms with Gasteiger partial charge in [0.05, 0.1) is 0 Å². The number of nitrogens with one attached hydrogen (secondary N) is 1. The fourth-order valence-electron chi connectivity index (χ4n) is 0.401. The maximum Gasteiger partial charge on any atom is 0.126 e. The maximum absolute atomic E-state index is 9.79. The first-order chi connectivity index (χ1) is 4.85. The van der Waals surface area contributed by atoms with E-state index in [1.807, 2.05) is 0 Å². The molecule has 0 aliphatic rings. The van der Waals surface area contributed by atoms with Gasteiger partial charge in [-0.15, -0.1) is 0 Å². The number of hydrogen-bond acceptors (Lipinski definition) is 4. The van der Waals surface area contributed by atoms with Crippen LogP contribution in [-0.2, 0) is 0 Å². The van der Waals surface area contributed by atoms with Crippen molar-refractivity contribution in [3.63, 3.8) is 0 Å². The summed E-state index contributed by atoms with van der Waals surface area (Å²) in [5.41, 5.74) is 7.82. The van der Waals surface area contributed by atoms with Crippen molar-refractivity contribution >= 4 is 6.21 Å². The lowest BCUT2D eigenvalue weighted by Gasteiger charge is -1.94. The molecule has 0 aliphatic heterocycles. The normalized spacial score (nSPS) is 11.2. The van der Waals surface area contributed by atoms with E-state index in [9.17, 15) is 4.91 Å². The zero-order valence-corrected chi connectivity index (χ0v) is 5.27. The first-order valence-electron chi connectivity index (χ1n) is 2.69. The van der Waals surface area contributed by atoms with Gasteiger partial charge in [0.15, 0.2) is 0 Å². The number of nitrogens with zero attached hydrogens (tertiary/aromatic N) is 4. The molecule has 1 unspecified atom stereocenters. The summed E-state index contributed by atoms with van der Waals surface area (Å²) < 4.78 is 0.